The van der Waals surface area contributed by atoms with E-state index in [9.17, 15) is 14.0 Å². The summed E-state index contributed by atoms with van der Waals surface area (Å²) in [5.41, 5.74) is 5.84. The van der Waals surface area contributed by atoms with Gasteiger partial charge in [0.05, 0.1) is 17.9 Å². The minimum atomic E-state index is -0.925. The zero-order chi connectivity index (χ0) is 17.9. The number of urea groups is 1. The van der Waals surface area contributed by atoms with Crippen LogP contribution in [0.4, 0.5) is 20.6 Å². The highest BCUT2D eigenvalue weighted by Gasteiger charge is 2.24. The number of carbonyl (C=O) groups excluding carboxylic acids is 2. The van der Waals surface area contributed by atoms with E-state index in [4.69, 9.17) is 10.5 Å². The second-order valence-electron chi connectivity index (χ2n) is 6.05. The minimum Gasteiger partial charge on any atom is -0.374 e. The highest BCUT2D eigenvalue weighted by atomic mass is 19.1. The number of halogens is 1. The summed E-state index contributed by atoms with van der Waals surface area (Å²) < 4.78 is 20.1. The van der Waals surface area contributed by atoms with Crippen LogP contribution in [-0.4, -0.2) is 43.3 Å². The molecule has 1 aliphatic heterocycles. The van der Waals surface area contributed by atoms with Gasteiger partial charge in [0.25, 0.3) is 0 Å². The summed E-state index contributed by atoms with van der Waals surface area (Å²) in [6, 6.07) is 3.03. The number of primary amides is 1. The van der Waals surface area contributed by atoms with E-state index >= 15 is 0 Å². The molecule has 3 amide bonds. The van der Waals surface area contributed by atoms with Crippen LogP contribution in [-0.2, 0) is 9.53 Å². The van der Waals surface area contributed by atoms with Crippen molar-refractivity contribution < 1.29 is 18.7 Å². The molecule has 1 fully saturated rings. The maximum atomic E-state index is 14.5. The Kier molecular flexibility index (Phi) is 5.61. The Morgan fingerprint density at radius 3 is 2.50 bits per heavy atom. The number of imide groups is 1. The normalized spacial score (nSPS) is 21.9. The van der Waals surface area contributed by atoms with Gasteiger partial charge in [-0.1, -0.05) is 0 Å². The molecule has 0 aliphatic carbocycles. The predicted molar refractivity (Wildman–Crippen MR) is 89.4 cm³/mol. The fourth-order valence-corrected chi connectivity index (χ4v) is 2.77. The minimum absolute atomic E-state index is 0.0310. The number of morpholine rings is 1. The number of amides is 3. The first-order valence-corrected chi connectivity index (χ1v) is 7.83. The van der Waals surface area contributed by atoms with Crippen molar-refractivity contribution in [1.29, 1.82) is 0 Å². The lowest BCUT2D eigenvalue weighted by molar-refractivity contribution is -0.120. The van der Waals surface area contributed by atoms with Gasteiger partial charge in [0.15, 0.2) is 0 Å². The van der Waals surface area contributed by atoms with Crippen molar-refractivity contribution >= 4 is 23.3 Å². The van der Waals surface area contributed by atoms with Gasteiger partial charge < -0.3 is 20.7 Å². The van der Waals surface area contributed by atoms with E-state index in [2.05, 4.69) is 5.32 Å². The lowest BCUT2D eigenvalue weighted by atomic mass is 10.1. The van der Waals surface area contributed by atoms with Gasteiger partial charge in [-0.25, -0.2) is 9.18 Å². The Morgan fingerprint density at radius 2 is 1.96 bits per heavy atom. The van der Waals surface area contributed by atoms with Crippen molar-refractivity contribution in [3.63, 3.8) is 0 Å². The predicted octanol–water partition coefficient (Wildman–Crippen LogP) is 1.43. The quantitative estimate of drug-likeness (QED) is 0.772. The van der Waals surface area contributed by atoms with Crippen LogP contribution in [0.5, 0.6) is 0 Å². The number of anilines is 2. The maximum Gasteiger partial charge on any atom is 0.318 e. The first-order valence-electron chi connectivity index (χ1n) is 7.83. The highest BCUT2D eigenvalue weighted by molar-refractivity contribution is 5.97. The van der Waals surface area contributed by atoms with Crippen LogP contribution in [0, 0.1) is 5.82 Å². The third kappa shape index (κ3) is 4.58. The van der Waals surface area contributed by atoms with Crippen molar-refractivity contribution in [2.45, 2.75) is 39.0 Å². The molecule has 3 unspecified atom stereocenters. The summed E-state index contributed by atoms with van der Waals surface area (Å²) in [4.78, 5) is 24.3. The summed E-state index contributed by atoms with van der Waals surface area (Å²) in [7, 11) is 0. The van der Waals surface area contributed by atoms with Gasteiger partial charge in [-0.3, -0.25) is 10.1 Å². The summed E-state index contributed by atoms with van der Waals surface area (Å²) in [6.07, 6.45) is 0.0620. The van der Waals surface area contributed by atoms with Gasteiger partial charge in [-0.05, 0) is 39.0 Å². The molecule has 1 heterocycles. The Balaban J connectivity index is 2.06. The molecule has 0 radical (unpaired) electrons. The molecule has 1 aromatic rings. The van der Waals surface area contributed by atoms with Crippen LogP contribution in [0.1, 0.15) is 20.8 Å². The number of hydrogen-bond donors (Lipinski definition) is 3. The molecule has 7 nitrogen and oxygen atoms in total. The first kappa shape index (κ1) is 18.0. The van der Waals surface area contributed by atoms with Gasteiger partial charge in [0.1, 0.15) is 11.9 Å². The molecule has 4 N–H and O–H groups in total. The number of benzene rings is 1. The Labute approximate surface area is 140 Å². The monoisotopic (exact) mass is 338 g/mol. The summed E-state index contributed by atoms with van der Waals surface area (Å²) in [5.74, 6) is -0.966. The third-order valence-corrected chi connectivity index (χ3v) is 3.73. The molecule has 0 saturated carbocycles. The van der Waals surface area contributed by atoms with Crippen LogP contribution in [0.25, 0.3) is 0 Å². The molecular weight excluding hydrogens is 315 g/mol. The maximum absolute atomic E-state index is 14.5. The fourth-order valence-electron chi connectivity index (χ4n) is 2.77. The summed E-state index contributed by atoms with van der Waals surface area (Å²) in [5, 5.41) is 4.80. The number of nitrogens with two attached hydrogens (primary N) is 1. The number of hydrogen-bond acceptors (Lipinski definition) is 5. The Morgan fingerprint density at radius 1 is 1.33 bits per heavy atom. The largest absolute Gasteiger partial charge is 0.374 e. The summed E-state index contributed by atoms with van der Waals surface area (Å²) in [6.45, 7) is 6.69. The number of nitrogens with one attached hydrogen (secondary N) is 2. The zero-order valence-corrected chi connectivity index (χ0v) is 14.0. The smallest absolute Gasteiger partial charge is 0.318 e. The van der Waals surface area contributed by atoms with E-state index in [0.29, 0.717) is 24.5 Å². The number of carbonyl (C=O) groups is 2. The van der Waals surface area contributed by atoms with Gasteiger partial charge >= 0.3 is 6.03 Å². The average Bonchev–Trinajstić information content (AvgIpc) is 2.45. The molecule has 24 heavy (non-hydrogen) atoms. The van der Waals surface area contributed by atoms with E-state index in [1.54, 1.807) is 19.1 Å². The van der Waals surface area contributed by atoms with Gasteiger partial charge in [-0.15, -0.1) is 0 Å². The van der Waals surface area contributed by atoms with Crippen molar-refractivity contribution in [3.8, 4) is 0 Å². The van der Waals surface area contributed by atoms with Gasteiger partial charge in [0.2, 0.25) is 5.91 Å². The molecule has 8 heteroatoms. The molecule has 0 aromatic heterocycles. The molecule has 2 rings (SSSR count). The molecular formula is C16H23FN4O3. The number of nitrogens with zero attached hydrogens (tertiary/aromatic N) is 1. The average molecular weight is 338 g/mol. The topological polar surface area (TPSA) is 96.7 Å². The van der Waals surface area contributed by atoms with E-state index in [-0.39, 0.29) is 18.0 Å². The van der Waals surface area contributed by atoms with Crippen LogP contribution in [0.2, 0.25) is 0 Å². The number of rotatable bonds is 4. The second kappa shape index (κ2) is 7.48. The lowest BCUT2D eigenvalue weighted by Gasteiger charge is -2.37. The van der Waals surface area contributed by atoms with E-state index in [0.717, 1.165) is 0 Å². The van der Waals surface area contributed by atoms with Gasteiger partial charge in [-0.2, -0.15) is 0 Å². The third-order valence-electron chi connectivity index (χ3n) is 3.73. The van der Waals surface area contributed by atoms with E-state index < -0.39 is 18.0 Å². The van der Waals surface area contributed by atoms with Crippen LogP contribution in [0.15, 0.2) is 18.2 Å². The second-order valence-corrected chi connectivity index (χ2v) is 6.05. The molecule has 1 aromatic carbocycles. The molecule has 1 aliphatic rings. The summed E-state index contributed by atoms with van der Waals surface area (Å²) >= 11 is 0. The molecule has 3 atom stereocenters. The molecule has 1 saturated heterocycles. The molecule has 0 bridgehead atoms. The van der Waals surface area contributed by atoms with Crippen LogP contribution >= 0.6 is 0 Å². The van der Waals surface area contributed by atoms with Crippen molar-refractivity contribution in [2.24, 2.45) is 5.73 Å². The highest BCUT2D eigenvalue weighted by Crippen LogP contribution is 2.26. The van der Waals surface area contributed by atoms with Crippen molar-refractivity contribution in [1.82, 2.24) is 5.32 Å². The molecule has 132 valence electrons. The molecule has 0 spiro atoms. The van der Waals surface area contributed by atoms with E-state index in [1.165, 1.54) is 6.07 Å². The van der Waals surface area contributed by atoms with Crippen LogP contribution < -0.4 is 21.3 Å². The van der Waals surface area contributed by atoms with Gasteiger partial charge in [0, 0.05) is 18.8 Å². The Bertz CT molecular complexity index is 615. The van der Waals surface area contributed by atoms with Crippen molar-refractivity contribution in [3.05, 3.63) is 24.0 Å². The first-order chi connectivity index (χ1) is 11.3. The SMILES string of the molecule is CC1CN(c2ccc(NC(C)C(=O)NC(N)=O)cc2F)CC(C)O1. The van der Waals surface area contributed by atoms with E-state index in [1.807, 2.05) is 24.1 Å². The number of ether oxygens (including phenoxy) is 1. The lowest BCUT2D eigenvalue weighted by Crippen LogP contribution is -2.45. The van der Waals surface area contributed by atoms with Crippen LogP contribution in [0.3, 0.4) is 0 Å². The Hall–Kier alpha value is -2.35. The standard InChI is InChI=1S/C16H23FN4O3/c1-9-7-21(8-10(2)24-9)14-5-4-12(6-13(14)17)19-11(3)15(22)20-16(18)23/h4-6,9-11,19H,7-8H2,1-3H3,(H3,18,20,22,23). The fraction of sp³-hybridized carbons (Fsp3) is 0.500. The van der Waals surface area contributed by atoms with Crippen molar-refractivity contribution in [2.75, 3.05) is 23.3 Å². The zero-order valence-electron chi connectivity index (χ0n) is 14.0.